The number of aromatic amines is 2. The molecule has 16 N–H and O–H groups in total. The lowest BCUT2D eigenvalue weighted by Crippen LogP contribution is -2.64. The smallest absolute Gasteiger partial charge is 0.246 e. The van der Waals surface area contributed by atoms with E-state index in [1.165, 1.54) is 68.6 Å². The second-order valence-electron chi connectivity index (χ2n) is 26.8. The van der Waals surface area contributed by atoms with Crippen molar-refractivity contribution < 1.29 is 80.5 Å². The average molecular weight is 1440 g/mol. The average Bonchev–Trinajstić information content (AvgIpc) is 1.57. The van der Waals surface area contributed by atoms with Crippen molar-refractivity contribution in [2.75, 3.05) is 26.7 Å². The number of rotatable bonds is 14. The van der Waals surface area contributed by atoms with Gasteiger partial charge in [-0.15, -0.1) is 0 Å². The van der Waals surface area contributed by atoms with Crippen LogP contribution in [0.25, 0.3) is 21.8 Å². The molecule has 104 heavy (non-hydrogen) atoms. The summed E-state index contributed by atoms with van der Waals surface area (Å²) >= 11 is 0. The van der Waals surface area contributed by atoms with Crippen molar-refractivity contribution in [3.05, 3.63) is 137 Å². The van der Waals surface area contributed by atoms with Crippen LogP contribution in [0.2, 0.25) is 0 Å². The number of carbonyl (C=O) groups is 12. The summed E-state index contributed by atoms with van der Waals surface area (Å²) < 4.78 is 51.5. The molecule has 2 aromatic heterocycles. The second kappa shape index (κ2) is 34.4. The predicted molar refractivity (Wildman–Crippen MR) is 372 cm³/mol. The summed E-state index contributed by atoms with van der Waals surface area (Å²) in [6.07, 6.45) is -2.51. The van der Waals surface area contributed by atoms with E-state index in [0.29, 0.717) is 39.9 Å². The van der Waals surface area contributed by atoms with Crippen LogP contribution in [0.1, 0.15) is 100 Å². The molecule has 9 rings (SSSR count). The molecule has 2 saturated heterocycles. The number of primary amides is 1. The number of nitrogens with zero attached hydrogens (tertiary/aromatic N) is 2. The number of ether oxygens (including phenoxy) is 1. The van der Waals surface area contributed by atoms with Crippen molar-refractivity contribution in [2.24, 2.45) is 11.5 Å². The van der Waals surface area contributed by atoms with Gasteiger partial charge < -0.3 is 88.9 Å². The van der Waals surface area contributed by atoms with Crippen molar-refractivity contribution in [1.82, 2.24) is 67.6 Å². The van der Waals surface area contributed by atoms with Gasteiger partial charge >= 0.3 is 0 Å². The quantitative estimate of drug-likeness (QED) is 0.0659. The third-order valence-corrected chi connectivity index (χ3v) is 19.0. The van der Waals surface area contributed by atoms with E-state index in [1.54, 1.807) is 48.5 Å². The molecule has 2 bridgehead atoms. The van der Waals surface area contributed by atoms with Gasteiger partial charge in [-0.05, 0) is 136 Å². The fourth-order valence-corrected chi connectivity index (χ4v) is 13.4. The highest BCUT2D eigenvalue weighted by atomic mass is 19.1. The normalized spacial score (nSPS) is 25.3. The number of nitrogens with one attached hydrogen (secondary N) is 11. The molecule has 0 radical (unpaired) electrons. The third-order valence-electron chi connectivity index (χ3n) is 19.0. The number of nitrogens with two attached hydrogens (primary N) is 2. The zero-order valence-electron chi connectivity index (χ0n) is 58.1. The van der Waals surface area contributed by atoms with Crippen molar-refractivity contribution in [2.45, 2.75) is 177 Å². The van der Waals surface area contributed by atoms with Crippen molar-refractivity contribution in [3.63, 3.8) is 0 Å². The van der Waals surface area contributed by atoms with Gasteiger partial charge in [0.05, 0.1) is 26.2 Å². The predicted octanol–water partition coefficient (Wildman–Crippen LogP) is 0.460. The highest BCUT2D eigenvalue weighted by molar-refractivity contribution is 6.01. The van der Waals surface area contributed by atoms with Gasteiger partial charge in [-0.2, -0.15) is 0 Å². The first-order valence-electron chi connectivity index (χ1n) is 34.3. The Hall–Kier alpha value is -10.9. The number of fused-ring (bicyclic) bond motifs is 6. The van der Waals surface area contributed by atoms with Crippen molar-refractivity contribution in [1.29, 1.82) is 0 Å². The number of carbonyl (C=O) groups excluding carboxylic acids is 12. The first-order valence-corrected chi connectivity index (χ1v) is 34.3. The number of H-pyrrole nitrogens is 2. The molecule has 12 amide bonds. The Morgan fingerprint density at radius 3 is 1.93 bits per heavy atom. The van der Waals surface area contributed by atoms with Gasteiger partial charge in [0, 0.05) is 86.3 Å². The molecule has 3 aliphatic rings. The van der Waals surface area contributed by atoms with Crippen molar-refractivity contribution in [3.8, 4) is 5.75 Å². The molecule has 0 aliphatic carbocycles. The van der Waals surface area contributed by atoms with Crippen LogP contribution < -0.4 is 64.1 Å². The third kappa shape index (κ3) is 19.2. The molecule has 4 aromatic carbocycles. The standard InChI is InChI=1S/C72H88F3N15O14/c1-37-63(95)84-55(27-43-34-78-51-19-15-45(73)29-49(43)51)65(97)85-58(28-44-35-79-52-20-16-46(74)30-50(44)52)69(101)89-36-47(75)31-59(89)67(99)88-61(38(2)91)68(100)86-57(25-40-13-17-48(104-5)18-14-40)70(102)90-23-9-21-72(90,4)71(103)87-54(62(77)94)26-41-10-8-11-42(24-41)33-80-60(93)32-56(82-39(3)92)66(98)83-53(64(96)81-37)12-6-7-22-76/h8,10-11,13-20,24,29-30,34-35,37-38,47,53-59,61,78-79,91H,6-7,9,12,21-23,25-28,31-33,36,76H2,1-5H3,(H2,77,94)(H,80,93)(H,81,96)(H,82,92)(H,83,98)(H,84,95)(H,85,97)(H,86,100)(H,87,103)(H,88,99)/t37-,38-,47+,53+,54+,55+,56+,57+,58+,59+,61+,72+/m1/s1. The van der Waals surface area contributed by atoms with Gasteiger partial charge in [-0.1, -0.05) is 36.4 Å². The second-order valence-corrected chi connectivity index (χ2v) is 26.8. The van der Waals surface area contributed by atoms with Gasteiger partial charge in [0.2, 0.25) is 70.9 Å². The summed E-state index contributed by atoms with van der Waals surface area (Å²) in [7, 11) is 1.44. The summed E-state index contributed by atoms with van der Waals surface area (Å²) in [5.41, 5.74) is 12.8. The van der Waals surface area contributed by atoms with E-state index in [2.05, 4.69) is 57.8 Å². The number of hydrogen-bond acceptors (Lipinski definition) is 15. The van der Waals surface area contributed by atoms with E-state index < -0.39 is 187 Å². The molecular weight excluding hydrogens is 1360 g/mol. The van der Waals surface area contributed by atoms with Crippen LogP contribution in [0.3, 0.4) is 0 Å². The van der Waals surface area contributed by atoms with Crippen LogP contribution in [-0.4, -0.2) is 195 Å². The minimum atomic E-state index is -1.92. The number of amides is 12. The number of benzene rings is 4. The first-order chi connectivity index (χ1) is 49.5. The van der Waals surface area contributed by atoms with Crippen LogP contribution >= 0.6 is 0 Å². The SMILES string of the molecule is COc1ccc(C[C@@H]2NC(=O)[C@H]([C@@H](C)O)NC(=O)[C@@H]3C[C@H](F)CN3C(=O)[C@H](Cc3c[nH]c4ccc(F)cc34)NC(=O)[C@H](Cc3c[nH]c4ccc(F)cc34)NC(=O)[C@@H](C)NC(=O)[C@H](CCCCN)NC(=O)[C@@H](NC(C)=O)CC(=O)NCc3cccc(c3)C[C@@H](C(N)=O)NC(=O)[C@]3(C)CCCN3C2=O)cc1. The Balaban J connectivity index is 1.09. The van der Waals surface area contributed by atoms with Crippen LogP contribution in [-0.2, 0) is 89.8 Å². The number of methoxy groups -OCH3 is 1. The molecule has 5 heterocycles. The van der Waals surface area contributed by atoms with E-state index in [0.717, 1.165) is 24.8 Å². The molecule has 6 aromatic rings. The molecule has 32 heteroatoms. The maximum atomic E-state index is 16.2. The van der Waals surface area contributed by atoms with Crippen LogP contribution in [0, 0.1) is 11.6 Å². The van der Waals surface area contributed by atoms with Crippen LogP contribution in [0.4, 0.5) is 13.2 Å². The van der Waals surface area contributed by atoms with E-state index in [4.69, 9.17) is 16.2 Å². The Morgan fingerprint density at radius 2 is 1.31 bits per heavy atom. The zero-order chi connectivity index (χ0) is 75.3. The van der Waals surface area contributed by atoms with E-state index in [-0.39, 0.29) is 80.1 Å². The van der Waals surface area contributed by atoms with Gasteiger partial charge in [-0.25, -0.2) is 13.2 Å². The fraction of sp³-hybridized carbons (Fsp3) is 0.444. The Morgan fingerprint density at radius 1 is 0.702 bits per heavy atom. The molecule has 12 atom stereocenters. The van der Waals surface area contributed by atoms with Crippen molar-refractivity contribution >= 4 is 92.7 Å². The monoisotopic (exact) mass is 1440 g/mol. The largest absolute Gasteiger partial charge is 0.497 e. The maximum absolute atomic E-state index is 16.2. The number of aliphatic hydroxyl groups excluding tert-OH is 1. The molecule has 29 nitrogen and oxygen atoms in total. The minimum Gasteiger partial charge on any atom is -0.497 e. The summed E-state index contributed by atoms with van der Waals surface area (Å²) in [6, 6.07) is 5.91. The molecule has 2 fully saturated rings. The highest BCUT2D eigenvalue weighted by Gasteiger charge is 2.50. The summed E-state index contributed by atoms with van der Waals surface area (Å²) in [4.78, 5) is 181. The van der Waals surface area contributed by atoms with E-state index in [9.17, 15) is 52.6 Å². The molecule has 0 saturated carbocycles. The van der Waals surface area contributed by atoms with Gasteiger partial charge in [-0.3, -0.25) is 57.5 Å². The summed E-state index contributed by atoms with van der Waals surface area (Å²) in [5, 5.41) is 35.3. The van der Waals surface area contributed by atoms with Gasteiger partial charge in [0.25, 0.3) is 0 Å². The molecule has 3 aliphatic heterocycles. The molecule has 0 spiro atoms. The summed E-state index contributed by atoms with van der Waals surface area (Å²) in [5.74, 6) is -12.2. The number of unbranched alkanes of at least 4 members (excludes halogenated alkanes) is 1. The molecule has 0 unspecified atom stereocenters. The van der Waals surface area contributed by atoms with Crippen LogP contribution in [0.15, 0.2) is 97.3 Å². The molecular formula is C72H88F3N15O14. The summed E-state index contributed by atoms with van der Waals surface area (Å²) in [6.45, 7) is 4.24. The first kappa shape index (κ1) is 77.3. The Bertz CT molecular complexity index is 4210. The fourth-order valence-electron chi connectivity index (χ4n) is 13.4. The Kier molecular flexibility index (Phi) is 25.6. The number of aromatic nitrogens is 2. The highest BCUT2D eigenvalue weighted by Crippen LogP contribution is 2.32. The minimum absolute atomic E-state index is 0.0269. The lowest BCUT2D eigenvalue weighted by Gasteiger charge is -2.37. The lowest BCUT2D eigenvalue weighted by atomic mass is 9.94. The maximum Gasteiger partial charge on any atom is 0.246 e. The van der Waals surface area contributed by atoms with E-state index >= 15 is 23.2 Å². The van der Waals surface area contributed by atoms with E-state index in [1.807, 2.05) is 0 Å². The number of alkyl halides is 1. The number of halogens is 3. The Labute approximate surface area is 596 Å². The number of aliphatic hydroxyl groups is 1. The van der Waals surface area contributed by atoms with Crippen LogP contribution in [0.5, 0.6) is 5.75 Å². The topological polar surface area (TPSA) is 433 Å². The zero-order valence-corrected chi connectivity index (χ0v) is 58.1. The molecule has 556 valence electrons. The van der Waals surface area contributed by atoms with Gasteiger partial charge in [0.1, 0.15) is 83.5 Å². The lowest BCUT2D eigenvalue weighted by molar-refractivity contribution is -0.147. The van der Waals surface area contributed by atoms with Gasteiger partial charge in [0.15, 0.2) is 0 Å². The number of hydrogen-bond donors (Lipinski definition) is 14.